The van der Waals surface area contributed by atoms with Crippen molar-refractivity contribution in [3.05, 3.63) is 0 Å². The summed E-state index contributed by atoms with van der Waals surface area (Å²) in [7, 11) is 1.67. The van der Waals surface area contributed by atoms with Crippen molar-refractivity contribution in [3.63, 3.8) is 0 Å². The van der Waals surface area contributed by atoms with Gasteiger partial charge >= 0.3 is 0 Å². The maximum absolute atomic E-state index is 12.2. The quantitative estimate of drug-likeness (QED) is 0.698. The van der Waals surface area contributed by atoms with Crippen LogP contribution in [-0.2, 0) is 4.79 Å². The van der Waals surface area contributed by atoms with Crippen molar-refractivity contribution in [2.45, 2.75) is 12.8 Å². The fourth-order valence-corrected chi connectivity index (χ4v) is 1.48. The van der Waals surface area contributed by atoms with Gasteiger partial charge in [0.1, 0.15) is 0 Å². The van der Waals surface area contributed by atoms with E-state index in [4.69, 9.17) is 0 Å². The lowest BCUT2D eigenvalue weighted by atomic mass is 10.1. The maximum atomic E-state index is 12.2. The zero-order valence-corrected chi connectivity index (χ0v) is 7.59. The summed E-state index contributed by atoms with van der Waals surface area (Å²) in [5.74, 6) is -0.716. The molecule has 1 aliphatic rings. The molecule has 0 saturated carbocycles. The predicted molar refractivity (Wildman–Crippen MR) is 44.6 cm³/mol. The lowest BCUT2D eigenvalue weighted by molar-refractivity contribution is -0.129. The third kappa shape index (κ3) is 2.62. The second-order valence-corrected chi connectivity index (χ2v) is 3.25. The van der Waals surface area contributed by atoms with Crippen LogP contribution in [0.15, 0.2) is 0 Å². The van der Waals surface area contributed by atoms with Gasteiger partial charge in [0.2, 0.25) is 12.3 Å². The number of carbonyl (C=O) groups is 1. The second-order valence-electron chi connectivity index (χ2n) is 3.25. The minimum atomic E-state index is -2.30. The molecule has 0 aromatic carbocycles. The molecule has 1 saturated heterocycles. The van der Waals surface area contributed by atoms with Gasteiger partial charge < -0.3 is 10.2 Å². The molecule has 0 aromatic rings. The molecule has 0 aliphatic carbocycles. The number of nitrogens with one attached hydrogen (secondary N) is 1. The van der Waals surface area contributed by atoms with E-state index < -0.39 is 12.3 Å². The topological polar surface area (TPSA) is 32.3 Å². The van der Waals surface area contributed by atoms with Crippen molar-refractivity contribution in [1.82, 2.24) is 10.2 Å². The van der Waals surface area contributed by atoms with E-state index in [1.807, 2.05) is 0 Å². The molecule has 0 bridgehead atoms. The normalized spacial score (nSPS) is 22.8. The van der Waals surface area contributed by atoms with Gasteiger partial charge in [-0.3, -0.25) is 4.79 Å². The summed E-state index contributed by atoms with van der Waals surface area (Å²) in [6.07, 6.45) is -1.87. The number of amides is 1. The highest BCUT2D eigenvalue weighted by Gasteiger charge is 2.31. The molecule has 5 heteroatoms. The summed E-state index contributed by atoms with van der Waals surface area (Å²) < 4.78 is 24.4. The molecule has 0 aromatic heterocycles. The Morgan fingerprint density at radius 3 is 2.85 bits per heavy atom. The van der Waals surface area contributed by atoms with Crippen molar-refractivity contribution in [2.24, 2.45) is 5.92 Å². The molecule has 1 amide bonds. The zero-order chi connectivity index (χ0) is 9.84. The van der Waals surface area contributed by atoms with Crippen molar-refractivity contribution in [3.8, 4) is 0 Å². The van der Waals surface area contributed by atoms with Crippen LogP contribution in [0.25, 0.3) is 0 Å². The first-order valence-corrected chi connectivity index (χ1v) is 4.35. The molecule has 1 rings (SSSR count). The van der Waals surface area contributed by atoms with Crippen LogP contribution in [0.2, 0.25) is 0 Å². The minimum Gasteiger partial charge on any atom is -0.341 e. The Morgan fingerprint density at radius 2 is 2.38 bits per heavy atom. The first-order chi connectivity index (χ1) is 6.15. The highest BCUT2D eigenvalue weighted by molar-refractivity contribution is 5.78. The van der Waals surface area contributed by atoms with E-state index in [2.05, 4.69) is 5.32 Å². The number of alkyl halides is 2. The monoisotopic (exact) mass is 192 g/mol. The van der Waals surface area contributed by atoms with Gasteiger partial charge in [-0.2, -0.15) is 0 Å². The van der Waals surface area contributed by atoms with Crippen LogP contribution in [0, 0.1) is 5.92 Å². The van der Waals surface area contributed by atoms with Crippen LogP contribution in [0.3, 0.4) is 0 Å². The molecule has 13 heavy (non-hydrogen) atoms. The maximum Gasteiger partial charge on any atom is 0.243 e. The standard InChI is InChI=1S/C8H14F2N2O/c1-11-4-7(13)12-3-2-6(5-12)8(9)10/h6,8,11H,2-5H2,1H3/t6-/m1/s1. The zero-order valence-electron chi connectivity index (χ0n) is 7.59. The summed E-state index contributed by atoms with van der Waals surface area (Å²) in [4.78, 5) is 12.7. The highest BCUT2D eigenvalue weighted by atomic mass is 19.3. The van der Waals surface area contributed by atoms with Crippen molar-refractivity contribution in [1.29, 1.82) is 0 Å². The van der Waals surface area contributed by atoms with Gasteiger partial charge in [-0.1, -0.05) is 0 Å². The molecule has 1 atom stereocenters. The lowest BCUT2D eigenvalue weighted by Crippen LogP contribution is -2.35. The molecule has 1 N–H and O–H groups in total. The lowest BCUT2D eigenvalue weighted by Gasteiger charge is -2.15. The highest BCUT2D eigenvalue weighted by Crippen LogP contribution is 2.22. The fourth-order valence-electron chi connectivity index (χ4n) is 1.48. The third-order valence-electron chi connectivity index (χ3n) is 2.26. The minimum absolute atomic E-state index is 0.0920. The Kier molecular flexibility index (Phi) is 3.59. The molecule has 3 nitrogen and oxygen atoms in total. The van der Waals surface area contributed by atoms with E-state index in [-0.39, 0.29) is 19.0 Å². The number of halogens is 2. The van der Waals surface area contributed by atoms with E-state index in [9.17, 15) is 13.6 Å². The van der Waals surface area contributed by atoms with E-state index >= 15 is 0 Å². The van der Waals surface area contributed by atoms with Gasteiger partial charge in [-0.15, -0.1) is 0 Å². The number of nitrogens with zero attached hydrogens (tertiary/aromatic N) is 1. The smallest absolute Gasteiger partial charge is 0.243 e. The average Bonchev–Trinajstić information content (AvgIpc) is 2.52. The molecule has 1 aliphatic heterocycles. The molecule has 76 valence electrons. The second kappa shape index (κ2) is 4.50. The molecule has 0 spiro atoms. The van der Waals surface area contributed by atoms with E-state index in [1.54, 1.807) is 7.05 Å². The number of hydrogen-bond acceptors (Lipinski definition) is 2. The molecule has 1 fully saturated rings. The van der Waals surface area contributed by atoms with Crippen LogP contribution in [0.1, 0.15) is 6.42 Å². The molecular weight excluding hydrogens is 178 g/mol. The van der Waals surface area contributed by atoms with Crippen molar-refractivity contribution >= 4 is 5.91 Å². The molecule has 1 heterocycles. The largest absolute Gasteiger partial charge is 0.341 e. The summed E-state index contributed by atoms with van der Waals surface area (Å²) in [6, 6.07) is 0. The van der Waals surface area contributed by atoms with Crippen LogP contribution in [0.4, 0.5) is 8.78 Å². The number of likely N-dealkylation sites (tertiary alicyclic amines) is 1. The Labute approximate surface area is 76.1 Å². The van der Waals surface area contributed by atoms with Gasteiger partial charge in [0.25, 0.3) is 0 Å². The van der Waals surface area contributed by atoms with Crippen molar-refractivity contribution in [2.75, 3.05) is 26.7 Å². The van der Waals surface area contributed by atoms with Crippen molar-refractivity contribution < 1.29 is 13.6 Å². The van der Waals surface area contributed by atoms with E-state index in [0.717, 1.165) is 0 Å². The van der Waals surface area contributed by atoms with Gasteiger partial charge in [0.15, 0.2) is 0 Å². The summed E-state index contributed by atoms with van der Waals surface area (Å²) in [5.41, 5.74) is 0. The van der Waals surface area contributed by atoms with Crippen LogP contribution in [0.5, 0.6) is 0 Å². The van der Waals surface area contributed by atoms with Gasteiger partial charge in [0.05, 0.1) is 6.54 Å². The summed E-state index contributed by atoms with van der Waals surface area (Å²) in [6.45, 7) is 0.906. The number of likely N-dealkylation sites (N-methyl/N-ethyl adjacent to an activating group) is 1. The van der Waals surface area contributed by atoms with Gasteiger partial charge in [0, 0.05) is 19.0 Å². The summed E-state index contributed by atoms with van der Waals surface area (Å²) >= 11 is 0. The van der Waals surface area contributed by atoms with Crippen LogP contribution in [-0.4, -0.2) is 43.9 Å². The Balaban J connectivity index is 2.36. The Morgan fingerprint density at radius 1 is 1.69 bits per heavy atom. The number of carbonyl (C=O) groups excluding carboxylic acids is 1. The SMILES string of the molecule is CNCC(=O)N1CC[C@@H](C(F)F)C1. The fraction of sp³-hybridized carbons (Fsp3) is 0.875. The number of hydrogen-bond donors (Lipinski definition) is 1. The Bertz CT molecular complexity index is 187. The van der Waals surface area contributed by atoms with E-state index in [0.29, 0.717) is 13.0 Å². The number of rotatable bonds is 3. The van der Waals surface area contributed by atoms with Gasteiger partial charge in [-0.05, 0) is 13.5 Å². The molecule has 0 unspecified atom stereocenters. The van der Waals surface area contributed by atoms with Crippen LogP contribution < -0.4 is 5.32 Å². The average molecular weight is 192 g/mol. The predicted octanol–water partition coefficient (Wildman–Crippen LogP) is 0.319. The first-order valence-electron chi connectivity index (χ1n) is 4.35. The Hall–Kier alpha value is -0.710. The van der Waals surface area contributed by atoms with Crippen LogP contribution >= 0.6 is 0 Å². The molecular formula is C8H14F2N2O. The third-order valence-corrected chi connectivity index (χ3v) is 2.26. The van der Waals surface area contributed by atoms with E-state index in [1.165, 1.54) is 4.90 Å². The first kappa shape index (κ1) is 10.4. The summed E-state index contributed by atoms with van der Waals surface area (Å²) in [5, 5.41) is 2.71. The van der Waals surface area contributed by atoms with Gasteiger partial charge in [-0.25, -0.2) is 8.78 Å². The molecule has 0 radical (unpaired) electrons.